The first-order chi connectivity index (χ1) is 13.2. The van der Waals surface area contributed by atoms with Crippen molar-refractivity contribution in [3.8, 4) is 0 Å². The van der Waals surface area contributed by atoms with Gasteiger partial charge in [0.2, 0.25) is 11.8 Å². The van der Waals surface area contributed by atoms with Crippen LogP contribution in [0.1, 0.15) is 21.5 Å². The van der Waals surface area contributed by atoms with E-state index in [0.717, 1.165) is 16.8 Å². The summed E-state index contributed by atoms with van der Waals surface area (Å²) in [6.07, 6.45) is 0. The lowest BCUT2D eigenvalue weighted by atomic mass is 10.1. The first-order valence-electron chi connectivity index (χ1n) is 8.52. The van der Waals surface area contributed by atoms with Crippen molar-refractivity contribution in [3.63, 3.8) is 0 Å². The van der Waals surface area contributed by atoms with Gasteiger partial charge in [-0.05, 0) is 43.2 Å². The molecule has 6 nitrogen and oxygen atoms in total. The molecule has 0 saturated heterocycles. The summed E-state index contributed by atoms with van der Waals surface area (Å²) < 4.78 is 0. The average Bonchev–Trinajstić information content (AvgIpc) is 2.62. The highest BCUT2D eigenvalue weighted by molar-refractivity contribution is 6.36. The minimum Gasteiger partial charge on any atom is -0.343 e. The molecule has 0 atom stereocenters. The quantitative estimate of drug-likeness (QED) is 0.749. The number of nitrogens with one attached hydrogen (secondary N) is 2. The molecule has 0 aliphatic rings. The Bertz CT molecular complexity index is 895. The van der Waals surface area contributed by atoms with E-state index in [1.165, 1.54) is 30.1 Å². The first-order valence-corrected chi connectivity index (χ1v) is 9.28. The van der Waals surface area contributed by atoms with Gasteiger partial charge in [-0.25, -0.2) is 0 Å². The van der Waals surface area contributed by atoms with Crippen LogP contribution in [-0.2, 0) is 9.59 Å². The summed E-state index contributed by atoms with van der Waals surface area (Å²) in [5.41, 5.74) is 2.83. The second kappa shape index (κ2) is 9.57. The van der Waals surface area contributed by atoms with Crippen molar-refractivity contribution in [2.24, 2.45) is 0 Å². The van der Waals surface area contributed by atoms with Crippen molar-refractivity contribution >= 4 is 46.6 Å². The highest BCUT2D eigenvalue weighted by Crippen LogP contribution is 2.21. The van der Waals surface area contributed by atoms with Gasteiger partial charge in [0.15, 0.2) is 0 Å². The first kappa shape index (κ1) is 21.7. The number of benzene rings is 2. The van der Waals surface area contributed by atoms with Crippen LogP contribution in [0.25, 0.3) is 0 Å². The van der Waals surface area contributed by atoms with Gasteiger partial charge in [-0.2, -0.15) is 0 Å². The summed E-state index contributed by atoms with van der Waals surface area (Å²) in [5, 5.41) is 5.91. The number of hydrogen-bond acceptors (Lipinski definition) is 3. The normalized spacial score (nSPS) is 10.3. The van der Waals surface area contributed by atoms with Crippen LogP contribution in [-0.4, -0.2) is 42.8 Å². The third kappa shape index (κ3) is 5.71. The van der Waals surface area contributed by atoms with Gasteiger partial charge in [0.05, 0.1) is 23.7 Å². The van der Waals surface area contributed by atoms with Crippen LogP contribution < -0.4 is 10.6 Å². The fourth-order valence-corrected chi connectivity index (χ4v) is 3.05. The molecule has 0 aliphatic carbocycles. The van der Waals surface area contributed by atoms with Gasteiger partial charge in [0, 0.05) is 17.8 Å². The zero-order chi connectivity index (χ0) is 20.8. The smallest absolute Gasteiger partial charge is 0.253 e. The minimum absolute atomic E-state index is 0.135. The summed E-state index contributed by atoms with van der Waals surface area (Å²) in [6, 6.07) is 10.2. The lowest BCUT2D eigenvalue weighted by Gasteiger charge is -2.18. The van der Waals surface area contributed by atoms with E-state index in [2.05, 4.69) is 10.6 Å². The number of hydrogen-bond donors (Lipinski definition) is 2. The molecule has 0 fully saturated rings. The summed E-state index contributed by atoms with van der Waals surface area (Å²) in [6.45, 7) is 3.40. The van der Waals surface area contributed by atoms with E-state index >= 15 is 0 Å². The zero-order valence-corrected chi connectivity index (χ0v) is 17.3. The number of anilines is 1. The Morgan fingerprint density at radius 3 is 2.29 bits per heavy atom. The molecule has 2 aromatic rings. The largest absolute Gasteiger partial charge is 0.343 e. The molecule has 0 heterocycles. The third-order valence-corrected chi connectivity index (χ3v) is 4.68. The van der Waals surface area contributed by atoms with E-state index in [0.29, 0.717) is 5.02 Å². The van der Waals surface area contributed by atoms with Crippen molar-refractivity contribution in [3.05, 3.63) is 63.1 Å². The molecule has 0 saturated carbocycles. The fourth-order valence-electron chi connectivity index (χ4n) is 2.55. The Hall–Kier alpha value is -2.57. The van der Waals surface area contributed by atoms with E-state index < -0.39 is 11.8 Å². The molecule has 0 unspecified atom stereocenters. The van der Waals surface area contributed by atoms with Crippen molar-refractivity contribution in [2.75, 3.05) is 25.5 Å². The summed E-state index contributed by atoms with van der Waals surface area (Å²) in [7, 11) is 1.49. The maximum absolute atomic E-state index is 12.2. The standard InChI is InChI=1S/C20H21Cl2N3O3/c1-12-5-4-6-13(2)19(12)24-17(26)11-25(3)18(27)10-23-20(28)15-8-7-14(21)9-16(15)22/h4-9H,10-11H2,1-3H3,(H,23,28)(H,24,26). The van der Waals surface area contributed by atoms with Gasteiger partial charge < -0.3 is 15.5 Å². The number of nitrogens with zero attached hydrogens (tertiary/aromatic N) is 1. The van der Waals surface area contributed by atoms with Gasteiger partial charge in [-0.1, -0.05) is 41.4 Å². The van der Waals surface area contributed by atoms with Crippen LogP contribution in [0.2, 0.25) is 10.0 Å². The molecule has 0 bridgehead atoms. The number of carbonyl (C=O) groups is 3. The van der Waals surface area contributed by atoms with Crippen molar-refractivity contribution < 1.29 is 14.4 Å². The number of likely N-dealkylation sites (N-methyl/N-ethyl adjacent to an activating group) is 1. The summed E-state index contributed by atoms with van der Waals surface area (Å²) in [4.78, 5) is 37.9. The van der Waals surface area contributed by atoms with Crippen LogP contribution >= 0.6 is 23.2 Å². The predicted molar refractivity (Wildman–Crippen MR) is 111 cm³/mol. The number of aryl methyl sites for hydroxylation is 2. The SMILES string of the molecule is Cc1cccc(C)c1NC(=O)CN(C)C(=O)CNC(=O)c1ccc(Cl)cc1Cl. The highest BCUT2D eigenvalue weighted by Gasteiger charge is 2.17. The van der Waals surface area contributed by atoms with Gasteiger partial charge in [0.25, 0.3) is 5.91 Å². The summed E-state index contributed by atoms with van der Waals surface area (Å²) >= 11 is 11.8. The molecular formula is C20H21Cl2N3O3. The number of para-hydroxylation sites is 1. The molecule has 0 aromatic heterocycles. The Morgan fingerprint density at radius 1 is 1.04 bits per heavy atom. The van der Waals surface area contributed by atoms with Crippen molar-refractivity contribution in [1.29, 1.82) is 0 Å². The molecule has 2 aromatic carbocycles. The van der Waals surface area contributed by atoms with Gasteiger partial charge >= 0.3 is 0 Å². The Balaban J connectivity index is 1.88. The molecule has 3 amide bonds. The zero-order valence-electron chi connectivity index (χ0n) is 15.8. The molecule has 0 spiro atoms. The second-order valence-corrected chi connectivity index (χ2v) is 7.22. The Labute approximate surface area is 173 Å². The predicted octanol–water partition coefficient (Wildman–Crippen LogP) is 3.44. The van der Waals surface area contributed by atoms with Crippen LogP contribution in [0.4, 0.5) is 5.69 Å². The van der Waals surface area contributed by atoms with E-state index in [1.54, 1.807) is 0 Å². The number of halogens is 2. The second-order valence-electron chi connectivity index (χ2n) is 6.37. The van der Waals surface area contributed by atoms with E-state index in [1.807, 2.05) is 32.0 Å². The van der Waals surface area contributed by atoms with Crippen LogP contribution in [0.3, 0.4) is 0 Å². The molecule has 2 N–H and O–H groups in total. The van der Waals surface area contributed by atoms with Crippen LogP contribution in [0.15, 0.2) is 36.4 Å². The van der Waals surface area contributed by atoms with E-state index in [9.17, 15) is 14.4 Å². The average molecular weight is 422 g/mol. The molecule has 0 aliphatic heterocycles. The van der Waals surface area contributed by atoms with Crippen molar-refractivity contribution in [2.45, 2.75) is 13.8 Å². The number of rotatable bonds is 6. The molecule has 2 rings (SSSR count). The lowest BCUT2D eigenvalue weighted by Crippen LogP contribution is -2.41. The van der Waals surface area contributed by atoms with E-state index in [-0.39, 0.29) is 29.6 Å². The Morgan fingerprint density at radius 2 is 1.68 bits per heavy atom. The highest BCUT2D eigenvalue weighted by atomic mass is 35.5. The number of carbonyl (C=O) groups excluding carboxylic acids is 3. The van der Waals surface area contributed by atoms with Crippen LogP contribution in [0.5, 0.6) is 0 Å². The Kier molecular flexibility index (Phi) is 7.43. The summed E-state index contributed by atoms with van der Waals surface area (Å²) in [5.74, 6) is -1.22. The molecule has 8 heteroatoms. The fraction of sp³-hybridized carbons (Fsp3) is 0.250. The van der Waals surface area contributed by atoms with E-state index in [4.69, 9.17) is 23.2 Å². The van der Waals surface area contributed by atoms with Crippen LogP contribution in [0, 0.1) is 13.8 Å². The van der Waals surface area contributed by atoms with Gasteiger partial charge in [0.1, 0.15) is 0 Å². The topological polar surface area (TPSA) is 78.5 Å². The lowest BCUT2D eigenvalue weighted by molar-refractivity contribution is -0.132. The van der Waals surface area contributed by atoms with Gasteiger partial charge in [-0.15, -0.1) is 0 Å². The molecule has 28 heavy (non-hydrogen) atoms. The maximum Gasteiger partial charge on any atom is 0.253 e. The number of amides is 3. The monoisotopic (exact) mass is 421 g/mol. The molecule has 0 radical (unpaired) electrons. The van der Waals surface area contributed by atoms with Gasteiger partial charge in [-0.3, -0.25) is 14.4 Å². The molecule has 148 valence electrons. The maximum atomic E-state index is 12.2. The van der Waals surface area contributed by atoms with Crippen molar-refractivity contribution in [1.82, 2.24) is 10.2 Å². The molecular weight excluding hydrogens is 401 g/mol. The minimum atomic E-state index is -0.497. The third-order valence-electron chi connectivity index (χ3n) is 4.13.